The smallest absolute Gasteiger partial charge is 0.294 e. The van der Waals surface area contributed by atoms with E-state index >= 15 is 0 Å². The van der Waals surface area contributed by atoms with Crippen molar-refractivity contribution in [1.82, 2.24) is 9.62 Å². The number of allylic oxidation sites excluding steroid dienone is 1. The first kappa shape index (κ1) is 27.5. The third kappa shape index (κ3) is 7.69. The van der Waals surface area contributed by atoms with E-state index < -0.39 is 29.8 Å². The first-order chi connectivity index (χ1) is 17.2. The Hall–Kier alpha value is -3.12. The number of ether oxygens (including phenoxy) is 1. The fourth-order valence-electron chi connectivity index (χ4n) is 3.83. The molecule has 0 bridgehead atoms. The Labute approximate surface area is 212 Å². The number of nitrogens with zero attached hydrogens (tertiary/aromatic N) is 2. The molecule has 0 saturated heterocycles. The van der Waals surface area contributed by atoms with E-state index in [1.165, 1.54) is 11.9 Å². The fraction of sp³-hybridized carbons (Fsp3) is 0.417. The minimum atomic E-state index is -1.02. The highest BCUT2D eigenvalue weighted by Crippen LogP contribution is 2.27. The number of amides is 1. The van der Waals surface area contributed by atoms with E-state index in [0.29, 0.717) is 55.8 Å². The van der Waals surface area contributed by atoms with Gasteiger partial charge in [-0.25, -0.2) is 18.2 Å². The van der Waals surface area contributed by atoms with Crippen molar-refractivity contribution in [2.24, 2.45) is 16.5 Å². The number of aliphatic imine (C=N–C) groups is 1. The summed E-state index contributed by atoms with van der Waals surface area (Å²) in [5.74, 6) is -1.58. The molecule has 1 aliphatic heterocycles. The number of nitrogens with one attached hydrogen (secondary N) is 2. The molecule has 0 radical (unpaired) electrons. The molecule has 2 aliphatic rings. The van der Waals surface area contributed by atoms with Crippen LogP contribution in [0, 0.1) is 11.6 Å². The molecule has 1 heterocycles. The second kappa shape index (κ2) is 12.7. The molecule has 196 valence electrons. The van der Waals surface area contributed by atoms with Crippen LogP contribution in [-0.2, 0) is 9.53 Å². The van der Waals surface area contributed by atoms with Gasteiger partial charge in [0, 0.05) is 49.1 Å². The van der Waals surface area contributed by atoms with E-state index in [1.54, 1.807) is 4.90 Å². The molecule has 1 aromatic carbocycles. The predicted octanol–water partition coefficient (Wildman–Crippen LogP) is 3.31. The number of rotatable bonds is 12. The second-order valence-electron chi connectivity index (χ2n) is 8.40. The van der Waals surface area contributed by atoms with Crippen LogP contribution in [0.2, 0.25) is 0 Å². The summed E-state index contributed by atoms with van der Waals surface area (Å²) in [5.41, 5.74) is 13.6. The molecule has 1 amide bonds. The lowest BCUT2D eigenvalue weighted by Crippen LogP contribution is -2.37. The van der Waals surface area contributed by atoms with Gasteiger partial charge in [-0.3, -0.25) is 9.52 Å². The van der Waals surface area contributed by atoms with E-state index in [0.717, 1.165) is 17.7 Å². The molecule has 36 heavy (non-hydrogen) atoms. The minimum Gasteiger partial charge on any atom is -0.482 e. The lowest BCUT2D eigenvalue weighted by Gasteiger charge is -2.26. The number of benzene rings is 1. The van der Waals surface area contributed by atoms with Crippen molar-refractivity contribution in [2.45, 2.75) is 38.5 Å². The summed E-state index contributed by atoms with van der Waals surface area (Å²) in [7, 11) is 0. The number of carbonyl (C=O) groups excluding carboxylic acids is 1. The maximum Gasteiger partial charge on any atom is 0.294 e. The topological polar surface area (TPSA) is 118 Å². The van der Waals surface area contributed by atoms with Crippen LogP contribution in [0.15, 0.2) is 58.7 Å². The molecule has 2 atom stereocenters. The third-order valence-corrected chi connectivity index (χ3v) is 6.50. The molecule has 1 saturated carbocycles. The number of likely N-dealkylation sites (N-methyl/N-ethyl adjacent to an activating group) is 1. The average Bonchev–Trinajstić information content (AvgIpc) is 3.36. The van der Waals surface area contributed by atoms with Crippen LogP contribution in [0.4, 0.5) is 18.9 Å². The molecule has 0 spiro atoms. The summed E-state index contributed by atoms with van der Waals surface area (Å²) < 4.78 is 50.0. The van der Waals surface area contributed by atoms with Crippen molar-refractivity contribution < 1.29 is 22.7 Å². The largest absolute Gasteiger partial charge is 0.482 e. The molecule has 12 heteroatoms. The van der Waals surface area contributed by atoms with Gasteiger partial charge in [0.25, 0.3) is 5.91 Å². The monoisotopic (exact) mass is 524 g/mol. The highest BCUT2D eigenvalue weighted by atomic mass is 32.2. The third-order valence-electron chi connectivity index (χ3n) is 5.63. The molecule has 1 aromatic rings. The number of carbonyl (C=O) groups is 1. The van der Waals surface area contributed by atoms with Crippen LogP contribution >= 0.6 is 11.9 Å². The van der Waals surface area contributed by atoms with Crippen molar-refractivity contribution >= 4 is 29.4 Å². The van der Waals surface area contributed by atoms with Crippen molar-refractivity contribution in [3.05, 3.63) is 65.3 Å². The first-order valence-corrected chi connectivity index (χ1v) is 12.6. The van der Waals surface area contributed by atoms with Crippen LogP contribution in [0.25, 0.3) is 0 Å². The van der Waals surface area contributed by atoms with Crippen LogP contribution in [-0.4, -0.2) is 54.3 Å². The minimum absolute atomic E-state index is 0.0483. The number of hydrogen-bond donors (Lipinski definition) is 4. The molecular formula is C24H31F3N6O2S. The van der Waals surface area contributed by atoms with E-state index in [2.05, 4.69) is 21.6 Å². The van der Waals surface area contributed by atoms with Crippen molar-refractivity contribution in [1.29, 1.82) is 0 Å². The van der Waals surface area contributed by atoms with Gasteiger partial charge < -0.3 is 26.4 Å². The van der Waals surface area contributed by atoms with Crippen molar-refractivity contribution in [3.8, 4) is 0 Å². The zero-order valence-corrected chi connectivity index (χ0v) is 20.8. The first-order valence-electron chi connectivity index (χ1n) is 11.6. The Kier molecular flexibility index (Phi) is 9.71. The van der Waals surface area contributed by atoms with Gasteiger partial charge in [0.05, 0.1) is 5.70 Å². The van der Waals surface area contributed by atoms with Gasteiger partial charge in [0.1, 0.15) is 35.6 Å². The van der Waals surface area contributed by atoms with Gasteiger partial charge >= 0.3 is 0 Å². The van der Waals surface area contributed by atoms with E-state index in [4.69, 9.17) is 16.2 Å². The lowest BCUT2D eigenvalue weighted by molar-refractivity contribution is -0.117. The van der Waals surface area contributed by atoms with Gasteiger partial charge in [-0.15, -0.1) is 0 Å². The van der Waals surface area contributed by atoms with Crippen LogP contribution < -0.4 is 21.5 Å². The maximum absolute atomic E-state index is 13.7. The van der Waals surface area contributed by atoms with Gasteiger partial charge in [0.15, 0.2) is 0 Å². The number of amidine groups is 1. The Morgan fingerprint density at radius 2 is 2.03 bits per heavy atom. The molecule has 1 aliphatic carbocycles. The number of alkyl halides is 1. The number of hydrogen-bond acceptors (Lipinski definition) is 8. The molecule has 1 fully saturated rings. The molecule has 6 N–H and O–H groups in total. The zero-order valence-electron chi connectivity index (χ0n) is 20.0. The van der Waals surface area contributed by atoms with E-state index in [-0.39, 0.29) is 23.7 Å². The number of nitrogens with two attached hydrogens (primary N) is 2. The van der Waals surface area contributed by atoms with Gasteiger partial charge in [-0.1, -0.05) is 18.5 Å². The second-order valence-corrected chi connectivity index (χ2v) is 9.26. The standard InChI is InChI=1S/C24H31F3N6O2S/c1-3-33(7-6-30-36-13-15-8-14(2)31-22(15)28)23(29)21(35-20-5-4-16(25)12-20)24(34)32-19-10-17(26)9-18(27)11-19/h8-11,16,20,30H,2-7,12-13,29H2,1H3,(H2,28,31)(H,32,34)/b23-21-. The Morgan fingerprint density at radius 3 is 2.61 bits per heavy atom. The average molecular weight is 525 g/mol. The summed E-state index contributed by atoms with van der Waals surface area (Å²) in [6, 6.07) is 2.65. The molecular weight excluding hydrogens is 493 g/mol. The highest BCUT2D eigenvalue weighted by molar-refractivity contribution is 7.97. The SMILES string of the molecule is C=C1C=C(CSNCCN(CC)/C(N)=C(\OC2CCC(F)C2)C(=O)Nc2cc(F)cc(F)c2)C(N)=N1. The summed E-state index contributed by atoms with van der Waals surface area (Å²) >= 11 is 1.44. The van der Waals surface area contributed by atoms with Crippen molar-refractivity contribution in [2.75, 3.05) is 30.7 Å². The number of anilines is 1. The maximum atomic E-state index is 13.7. The van der Waals surface area contributed by atoms with Gasteiger partial charge in [-0.2, -0.15) is 0 Å². The van der Waals surface area contributed by atoms with Crippen LogP contribution in [0.1, 0.15) is 26.2 Å². The Morgan fingerprint density at radius 1 is 1.31 bits per heavy atom. The van der Waals surface area contributed by atoms with Gasteiger partial charge in [0.2, 0.25) is 5.76 Å². The predicted molar refractivity (Wildman–Crippen MR) is 136 cm³/mol. The van der Waals surface area contributed by atoms with Crippen molar-refractivity contribution in [3.63, 3.8) is 0 Å². The molecule has 2 unspecified atom stereocenters. The summed E-state index contributed by atoms with van der Waals surface area (Å²) in [6.45, 7) is 7.00. The quantitative estimate of drug-likeness (QED) is 0.143. The van der Waals surface area contributed by atoms with Crippen LogP contribution in [0.5, 0.6) is 0 Å². The summed E-state index contributed by atoms with van der Waals surface area (Å²) in [4.78, 5) is 18.9. The van der Waals surface area contributed by atoms with E-state index in [1.807, 2.05) is 13.0 Å². The summed E-state index contributed by atoms with van der Waals surface area (Å²) in [5, 5.41) is 2.43. The van der Waals surface area contributed by atoms with Gasteiger partial charge in [-0.05, 0) is 38.0 Å². The normalized spacial score (nSPS) is 20.1. The molecule has 0 aromatic heterocycles. The zero-order chi connectivity index (χ0) is 26.2. The molecule has 3 rings (SSSR count). The Bertz CT molecular complexity index is 1060. The van der Waals surface area contributed by atoms with Crippen LogP contribution in [0.3, 0.4) is 0 Å². The molecule has 8 nitrogen and oxygen atoms in total. The highest BCUT2D eigenvalue weighted by Gasteiger charge is 2.30. The lowest BCUT2D eigenvalue weighted by atomic mass is 10.2. The van der Waals surface area contributed by atoms with E-state index in [9.17, 15) is 18.0 Å². The summed E-state index contributed by atoms with van der Waals surface area (Å²) in [6.07, 6.45) is 1.16. The Balaban J connectivity index is 1.66. The number of halogens is 3. The fourth-order valence-corrected chi connectivity index (χ4v) is 4.55.